The minimum absolute atomic E-state index is 0.0997. The highest BCUT2D eigenvalue weighted by Gasteiger charge is 2.39. The van der Waals surface area contributed by atoms with E-state index in [0.29, 0.717) is 5.46 Å². The third kappa shape index (κ3) is 3.64. The minimum atomic E-state index is -1.21. The van der Waals surface area contributed by atoms with Crippen molar-refractivity contribution in [3.63, 3.8) is 0 Å². The molecule has 1 aromatic rings. The van der Waals surface area contributed by atoms with Crippen LogP contribution in [-0.4, -0.2) is 38.4 Å². The third-order valence-electron chi connectivity index (χ3n) is 2.81. The Morgan fingerprint density at radius 1 is 1.24 bits per heavy atom. The average molecular weight is 259 g/mol. The van der Waals surface area contributed by atoms with Gasteiger partial charge in [-0.1, -0.05) is 0 Å². The Morgan fingerprint density at radius 2 is 1.71 bits per heavy atom. The summed E-state index contributed by atoms with van der Waals surface area (Å²) in [6.45, 7) is 6.59. The molecule has 0 radical (unpaired) electrons. The van der Waals surface area contributed by atoms with Gasteiger partial charge in [0.1, 0.15) is 0 Å². The van der Waals surface area contributed by atoms with Crippen molar-refractivity contribution in [3.8, 4) is 0 Å². The lowest BCUT2D eigenvalue weighted by Crippen LogP contribution is -2.53. The number of rotatable bonds is 4. The Morgan fingerprint density at radius 3 is 2.12 bits per heavy atom. The maximum Gasteiger partial charge on any atom is 0.494 e. The lowest BCUT2D eigenvalue weighted by atomic mass is 9.78. The molecule has 0 aliphatic rings. The highest BCUT2D eigenvalue weighted by atomic mass is 35.5. The second-order valence-electron chi connectivity index (χ2n) is 4.82. The number of halogens is 1. The fourth-order valence-electron chi connectivity index (χ4n) is 0.941. The molecule has 0 aliphatic heterocycles. The van der Waals surface area contributed by atoms with Crippen molar-refractivity contribution in [1.29, 1.82) is 0 Å². The Kier molecular flexibility index (Phi) is 4.14. The van der Waals surface area contributed by atoms with E-state index in [1.807, 2.05) is 0 Å². The van der Waals surface area contributed by atoms with Gasteiger partial charge in [-0.05, 0) is 39.3 Å². The zero-order chi connectivity index (χ0) is 13.3. The number of hydrogen-bond acceptors (Lipinski definition) is 5. The lowest BCUT2D eigenvalue weighted by Gasteiger charge is -2.38. The quantitative estimate of drug-likeness (QED) is 0.603. The van der Waals surface area contributed by atoms with E-state index in [2.05, 4.69) is 9.97 Å². The van der Waals surface area contributed by atoms with Crippen molar-refractivity contribution in [2.75, 3.05) is 0 Å². The van der Waals surface area contributed by atoms with Gasteiger partial charge in [0.15, 0.2) is 0 Å². The van der Waals surface area contributed by atoms with Crippen LogP contribution in [0.5, 0.6) is 0 Å². The third-order valence-corrected chi connectivity index (χ3v) is 3.00. The predicted octanol–water partition coefficient (Wildman–Crippen LogP) is 0.384. The Bertz CT molecular complexity index is 378. The number of aliphatic hydroxyl groups is 1. The number of aromatic nitrogens is 2. The molecule has 0 aliphatic carbocycles. The highest BCUT2D eigenvalue weighted by Crippen LogP contribution is 2.25. The Hall–Kier alpha value is -0.685. The van der Waals surface area contributed by atoms with E-state index in [-0.39, 0.29) is 5.28 Å². The molecule has 0 fully saturated rings. The van der Waals surface area contributed by atoms with Crippen LogP contribution in [0.2, 0.25) is 5.28 Å². The smallest absolute Gasteiger partial charge is 0.423 e. The summed E-state index contributed by atoms with van der Waals surface area (Å²) in [6.07, 6.45) is 2.75. The number of nitrogens with zero attached hydrogens (tertiary/aromatic N) is 2. The second kappa shape index (κ2) is 4.90. The fraction of sp³-hybridized carbons (Fsp3) is 0.600. The summed E-state index contributed by atoms with van der Waals surface area (Å²) < 4.78 is 5.41. The van der Waals surface area contributed by atoms with Crippen LogP contribution in [0.1, 0.15) is 27.7 Å². The van der Waals surface area contributed by atoms with Crippen molar-refractivity contribution in [1.82, 2.24) is 9.97 Å². The minimum Gasteiger partial charge on any atom is -0.423 e. The molecule has 0 saturated carbocycles. The zero-order valence-corrected chi connectivity index (χ0v) is 11.1. The van der Waals surface area contributed by atoms with Gasteiger partial charge < -0.3 is 14.8 Å². The van der Waals surface area contributed by atoms with E-state index in [1.54, 1.807) is 27.7 Å². The van der Waals surface area contributed by atoms with Crippen molar-refractivity contribution in [3.05, 3.63) is 17.7 Å². The molecule has 0 aromatic carbocycles. The first-order chi connectivity index (χ1) is 7.63. The topological polar surface area (TPSA) is 75.5 Å². The molecule has 5 nitrogen and oxygen atoms in total. The molecule has 94 valence electrons. The predicted molar refractivity (Wildman–Crippen MR) is 66.1 cm³/mol. The van der Waals surface area contributed by atoms with E-state index < -0.39 is 18.3 Å². The standard InChI is InChI=1S/C10H16BClN2O3/c1-9(2,15)10(3,4)17-11(16)7-5-13-8(12)14-6-7/h5-6,15-16H,1-4H3. The maximum absolute atomic E-state index is 9.90. The molecule has 0 atom stereocenters. The van der Waals surface area contributed by atoms with Crippen molar-refractivity contribution in [2.45, 2.75) is 38.9 Å². The van der Waals surface area contributed by atoms with Crippen molar-refractivity contribution >= 4 is 24.2 Å². The van der Waals surface area contributed by atoms with Gasteiger partial charge >= 0.3 is 7.12 Å². The Balaban J connectivity index is 2.79. The molecule has 0 bridgehead atoms. The summed E-state index contributed by atoms with van der Waals surface area (Å²) in [4.78, 5) is 7.49. The van der Waals surface area contributed by atoms with Crippen LogP contribution in [0, 0.1) is 0 Å². The van der Waals surface area contributed by atoms with E-state index >= 15 is 0 Å². The second-order valence-corrected chi connectivity index (χ2v) is 5.16. The molecule has 1 rings (SSSR count). The van der Waals surface area contributed by atoms with Crippen LogP contribution in [0.4, 0.5) is 0 Å². The average Bonchev–Trinajstić information content (AvgIpc) is 2.16. The van der Waals surface area contributed by atoms with Gasteiger partial charge in [0, 0.05) is 17.9 Å². The Labute approximate surface area is 106 Å². The van der Waals surface area contributed by atoms with Gasteiger partial charge in [0.2, 0.25) is 5.28 Å². The monoisotopic (exact) mass is 258 g/mol. The molecular weight excluding hydrogens is 242 g/mol. The van der Waals surface area contributed by atoms with Crippen LogP contribution >= 0.6 is 11.6 Å². The summed E-state index contributed by atoms with van der Waals surface area (Å²) in [5.41, 5.74) is -1.64. The van der Waals surface area contributed by atoms with Crippen molar-refractivity contribution < 1.29 is 14.8 Å². The van der Waals surface area contributed by atoms with Gasteiger partial charge in [-0.3, -0.25) is 0 Å². The first kappa shape index (κ1) is 14.4. The largest absolute Gasteiger partial charge is 0.494 e. The zero-order valence-electron chi connectivity index (χ0n) is 10.3. The van der Waals surface area contributed by atoms with E-state index in [0.717, 1.165) is 0 Å². The van der Waals surface area contributed by atoms with Crippen LogP contribution in [0.15, 0.2) is 12.4 Å². The molecule has 7 heteroatoms. The van der Waals surface area contributed by atoms with E-state index in [4.69, 9.17) is 16.3 Å². The van der Waals surface area contributed by atoms with Crippen molar-refractivity contribution in [2.24, 2.45) is 0 Å². The maximum atomic E-state index is 9.90. The molecule has 1 aromatic heterocycles. The summed E-state index contributed by atoms with van der Waals surface area (Å²) in [5, 5.41) is 19.9. The first-order valence-corrected chi connectivity index (χ1v) is 5.57. The lowest BCUT2D eigenvalue weighted by molar-refractivity contribution is -0.0982. The molecule has 2 N–H and O–H groups in total. The van der Waals surface area contributed by atoms with Crippen LogP contribution in [-0.2, 0) is 4.65 Å². The van der Waals surface area contributed by atoms with Gasteiger partial charge in [0.05, 0.1) is 11.2 Å². The first-order valence-electron chi connectivity index (χ1n) is 5.19. The molecule has 0 unspecified atom stereocenters. The molecule has 17 heavy (non-hydrogen) atoms. The molecule has 1 heterocycles. The molecule has 0 amide bonds. The summed E-state index contributed by atoms with van der Waals surface area (Å²) in [6, 6.07) is 0. The van der Waals surface area contributed by atoms with Crippen LogP contribution in [0.25, 0.3) is 0 Å². The van der Waals surface area contributed by atoms with Crippen LogP contribution in [0.3, 0.4) is 0 Å². The van der Waals surface area contributed by atoms with E-state index in [1.165, 1.54) is 12.4 Å². The fourth-order valence-corrected chi connectivity index (χ4v) is 1.04. The van der Waals surface area contributed by atoms with Gasteiger partial charge in [0.25, 0.3) is 0 Å². The SMILES string of the molecule is CC(C)(O)C(C)(C)OB(O)c1cnc(Cl)nc1. The number of hydrogen-bond donors (Lipinski definition) is 2. The van der Waals surface area contributed by atoms with Gasteiger partial charge in [-0.15, -0.1) is 0 Å². The van der Waals surface area contributed by atoms with Gasteiger partial charge in [-0.2, -0.15) is 0 Å². The highest BCUT2D eigenvalue weighted by molar-refractivity contribution is 6.59. The molecule has 0 saturated heterocycles. The molecule has 0 spiro atoms. The van der Waals surface area contributed by atoms with Gasteiger partial charge in [-0.25, -0.2) is 9.97 Å². The summed E-state index contributed by atoms with van der Waals surface area (Å²) in [5.74, 6) is 0. The normalized spacial score (nSPS) is 12.6. The van der Waals surface area contributed by atoms with E-state index in [9.17, 15) is 10.1 Å². The summed E-state index contributed by atoms with van der Waals surface area (Å²) >= 11 is 5.54. The summed E-state index contributed by atoms with van der Waals surface area (Å²) in [7, 11) is -1.21. The van der Waals surface area contributed by atoms with Crippen LogP contribution < -0.4 is 5.46 Å². The molecular formula is C10H16BClN2O3.